The van der Waals surface area contributed by atoms with Crippen molar-refractivity contribution in [2.45, 2.75) is 71.1 Å². The van der Waals surface area contributed by atoms with E-state index in [1.807, 2.05) is 34.6 Å². The molecule has 1 aliphatic rings. The molecule has 0 aromatic heterocycles. The van der Waals surface area contributed by atoms with Crippen LogP contribution in [0.15, 0.2) is 0 Å². The fourth-order valence-corrected chi connectivity index (χ4v) is 1.97. The zero-order valence-corrected chi connectivity index (χ0v) is 11.8. The first kappa shape index (κ1) is 14.3. The lowest BCUT2D eigenvalue weighted by molar-refractivity contribution is -0.0722. The van der Waals surface area contributed by atoms with Crippen molar-refractivity contribution < 1.29 is 14.6 Å². The number of hydrogen-bond acceptors (Lipinski definition) is 3. The van der Waals surface area contributed by atoms with E-state index in [1.54, 1.807) is 11.8 Å². The second-order valence-electron chi connectivity index (χ2n) is 6.88. The number of carbonyl (C=O) groups excluding carboxylic acids is 1. The lowest BCUT2D eigenvalue weighted by atomic mass is 9.83. The van der Waals surface area contributed by atoms with Gasteiger partial charge in [-0.15, -0.1) is 0 Å². The van der Waals surface area contributed by atoms with Crippen molar-refractivity contribution in [3.8, 4) is 0 Å². The lowest BCUT2D eigenvalue weighted by Gasteiger charge is -2.47. The highest BCUT2D eigenvalue weighted by atomic mass is 16.6. The molecule has 1 atom stereocenters. The third-order valence-corrected chi connectivity index (χ3v) is 3.12. The molecule has 0 bridgehead atoms. The van der Waals surface area contributed by atoms with Gasteiger partial charge in [-0.05, 0) is 54.4 Å². The SMILES string of the molecule is CC1(O)CCC(C)(C)N(C(=O)OC(C)(C)C)C1. The van der Waals surface area contributed by atoms with Gasteiger partial charge < -0.3 is 14.7 Å². The van der Waals surface area contributed by atoms with Crippen LogP contribution >= 0.6 is 0 Å². The molecule has 1 heterocycles. The van der Waals surface area contributed by atoms with Crippen molar-refractivity contribution in [2.24, 2.45) is 0 Å². The molecule has 0 aromatic rings. The summed E-state index contributed by atoms with van der Waals surface area (Å²) in [4.78, 5) is 13.8. The molecule has 1 N–H and O–H groups in total. The Morgan fingerprint density at radius 1 is 1.24 bits per heavy atom. The fourth-order valence-electron chi connectivity index (χ4n) is 1.97. The molecule has 4 heteroatoms. The molecule has 1 rings (SSSR count). The number of aliphatic hydroxyl groups is 1. The third-order valence-electron chi connectivity index (χ3n) is 3.12. The van der Waals surface area contributed by atoms with E-state index < -0.39 is 11.2 Å². The van der Waals surface area contributed by atoms with Crippen molar-refractivity contribution in [2.75, 3.05) is 6.54 Å². The largest absolute Gasteiger partial charge is 0.444 e. The molecule has 0 spiro atoms. The van der Waals surface area contributed by atoms with E-state index in [4.69, 9.17) is 4.74 Å². The predicted octanol–water partition coefficient (Wildman–Crippen LogP) is 2.55. The molecule has 1 aliphatic heterocycles. The molecule has 1 amide bonds. The zero-order valence-electron chi connectivity index (χ0n) is 11.8. The Balaban J connectivity index is 2.81. The van der Waals surface area contributed by atoms with Gasteiger partial charge in [0.05, 0.1) is 12.1 Å². The quantitative estimate of drug-likeness (QED) is 0.711. The summed E-state index contributed by atoms with van der Waals surface area (Å²) in [5.74, 6) is 0. The van der Waals surface area contributed by atoms with Gasteiger partial charge in [0, 0.05) is 5.54 Å². The first-order chi connectivity index (χ1) is 7.43. The van der Waals surface area contributed by atoms with Gasteiger partial charge >= 0.3 is 6.09 Å². The fraction of sp³-hybridized carbons (Fsp3) is 0.923. The molecule has 0 aromatic carbocycles. The van der Waals surface area contributed by atoms with E-state index in [0.29, 0.717) is 13.0 Å². The summed E-state index contributed by atoms with van der Waals surface area (Å²) < 4.78 is 5.38. The van der Waals surface area contributed by atoms with Crippen molar-refractivity contribution in [3.63, 3.8) is 0 Å². The number of likely N-dealkylation sites (tertiary alicyclic amines) is 1. The van der Waals surface area contributed by atoms with E-state index in [0.717, 1.165) is 6.42 Å². The van der Waals surface area contributed by atoms with E-state index in [9.17, 15) is 9.90 Å². The van der Waals surface area contributed by atoms with Gasteiger partial charge in [-0.3, -0.25) is 0 Å². The number of amides is 1. The second kappa shape index (κ2) is 4.16. The minimum Gasteiger partial charge on any atom is -0.444 e. The molecular formula is C13H25NO3. The van der Waals surface area contributed by atoms with Crippen LogP contribution in [-0.2, 0) is 4.74 Å². The monoisotopic (exact) mass is 243 g/mol. The number of β-amino-alcohol motifs (C(OH)–C–C–N with tert-alkyl or cyclic N) is 1. The van der Waals surface area contributed by atoms with Crippen LogP contribution in [0.2, 0.25) is 0 Å². The number of hydrogen-bond donors (Lipinski definition) is 1. The van der Waals surface area contributed by atoms with Crippen molar-refractivity contribution in [1.29, 1.82) is 0 Å². The average molecular weight is 243 g/mol. The standard InChI is InChI=1S/C13H25NO3/c1-11(2,3)17-10(15)14-9-13(6,16)8-7-12(14,4)5/h16H,7-9H2,1-6H3. The molecule has 4 nitrogen and oxygen atoms in total. The summed E-state index contributed by atoms with van der Waals surface area (Å²) in [5.41, 5.74) is -1.58. The summed E-state index contributed by atoms with van der Waals surface area (Å²) in [5, 5.41) is 10.1. The van der Waals surface area contributed by atoms with Crippen molar-refractivity contribution in [3.05, 3.63) is 0 Å². The Kier molecular flexibility index (Phi) is 3.50. The van der Waals surface area contributed by atoms with E-state index in [1.165, 1.54) is 0 Å². The summed E-state index contributed by atoms with van der Waals surface area (Å²) in [6.45, 7) is 11.6. The van der Waals surface area contributed by atoms with Gasteiger partial charge in [0.1, 0.15) is 5.60 Å². The first-order valence-electron chi connectivity index (χ1n) is 6.16. The minimum atomic E-state index is -0.813. The second-order valence-corrected chi connectivity index (χ2v) is 6.88. The Bertz CT molecular complexity index is 302. The van der Waals surface area contributed by atoms with E-state index in [2.05, 4.69) is 0 Å². The lowest BCUT2D eigenvalue weighted by Crippen LogP contribution is -2.59. The number of nitrogens with zero attached hydrogens (tertiary/aromatic N) is 1. The highest BCUT2D eigenvalue weighted by Gasteiger charge is 2.43. The molecule has 0 saturated carbocycles. The van der Waals surface area contributed by atoms with Crippen molar-refractivity contribution in [1.82, 2.24) is 4.90 Å². The summed E-state index contributed by atoms with van der Waals surface area (Å²) >= 11 is 0. The molecular weight excluding hydrogens is 218 g/mol. The van der Waals surface area contributed by atoms with Gasteiger partial charge in [0.25, 0.3) is 0 Å². The van der Waals surface area contributed by atoms with E-state index >= 15 is 0 Å². The van der Waals surface area contributed by atoms with Crippen LogP contribution in [0, 0.1) is 0 Å². The number of rotatable bonds is 0. The Morgan fingerprint density at radius 3 is 2.24 bits per heavy atom. The van der Waals surface area contributed by atoms with Crippen LogP contribution in [0.25, 0.3) is 0 Å². The predicted molar refractivity (Wildman–Crippen MR) is 66.9 cm³/mol. The topological polar surface area (TPSA) is 49.8 Å². The highest BCUT2D eigenvalue weighted by Crippen LogP contribution is 2.33. The van der Waals surface area contributed by atoms with Gasteiger partial charge in [-0.25, -0.2) is 4.79 Å². The first-order valence-corrected chi connectivity index (χ1v) is 6.16. The average Bonchev–Trinajstić information content (AvgIpc) is 2.07. The molecule has 100 valence electrons. The van der Waals surface area contributed by atoms with Crippen molar-refractivity contribution >= 4 is 6.09 Å². The molecule has 0 aliphatic carbocycles. The molecule has 1 saturated heterocycles. The summed E-state index contributed by atoms with van der Waals surface area (Å²) in [7, 11) is 0. The maximum Gasteiger partial charge on any atom is 0.410 e. The maximum atomic E-state index is 12.1. The van der Waals surface area contributed by atoms with Crippen LogP contribution < -0.4 is 0 Å². The number of ether oxygens (including phenoxy) is 1. The van der Waals surface area contributed by atoms with Gasteiger partial charge in [0.15, 0.2) is 0 Å². The molecule has 1 fully saturated rings. The Labute approximate surface area is 104 Å². The van der Waals surface area contributed by atoms with Gasteiger partial charge in [-0.2, -0.15) is 0 Å². The zero-order chi connectivity index (χ0) is 13.5. The van der Waals surface area contributed by atoms with E-state index in [-0.39, 0.29) is 11.6 Å². The highest BCUT2D eigenvalue weighted by molar-refractivity contribution is 5.69. The van der Waals surface area contributed by atoms with Crippen LogP contribution in [0.3, 0.4) is 0 Å². The van der Waals surface area contributed by atoms with Gasteiger partial charge in [0.2, 0.25) is 0 Å². The third kappa shape index (κ3) is 3.87. The Hall–Kier alpha value is -0.770. The van der Waals surface area contributed by atoms with Crippen LogP contribution in [0.5, 0.6) is 0 Å². The number of piperidine rings is 1. The molecule has 0 radical (unpaired) electrons. The molecule has 17 heavy (non-hydrogen) atoms. The molecule has 1 unspecified atom stereocenters. The normalized spacial score (nSPS) is 29.0. The maximum absolute atomic E-state index is 12.1. The summed E-state index contributed by atoms with van der Waals surface area (Å²) in [6, 6.07) is 0. The summed E-state index contributed by atoms with van der Waals surface area (Å²) in [6.07, 6.45) is 1.14. The Morgan fingerprint density at radius 2 is 1.76 bits per heavy atom. The van der Waals surface area contributed by atoms with Crippen LogP contribution in [0.4, 0.5) is 4.79 Å². The van der Waals surface area contributed by atoms with Crippen LogP contribution in [-0.4, -0.2) is 39.4 Å². The minimum absolute atomic E-state index is 0.259. The van der Waals surface area contributed by atoms with Gasteiger partial charge in [-0.1, -0.05) is 0 Å². The smallest absolute Gasteiger partial charge is 0.410 e. The number of carbonyl (C=O) groups is 1. The van der Waals surface area contributed by atoms with Crippen LogP contribution in [0.1, 0.15) is 54.4 Å².